The fourth-order valence-corrected chi connectivity index (χ4v) is 2.67. The summed E-state index contributed by atoms with van der Waals surface area (Å²) >= 11 is 0. The summed E-state index contributed by atoms with van der Waals surface area (Å²) in [5.41, 5.74) is 6.41. The highest BCUT2D eigenvalue weighted by molar-refractivity contribution is 4.93. The first-order chi connectivity index (χ1) is 8.44. The molecule has 102 valence electrons. The van der Waals surface area contributed by atoms with E-state index in [0.717, 1.165) is 18.7 Å². The molecule has 1 heterocycles. The lowest BCUT2D eigenvalue weighted by Gasteiger charge is -2.16. The molecule has 1 unspecified atom stereocenters. The Morgan fingerprint density at radius 3 is 2.61 bits per heavy atom. The van der Waals surface area contributed by atoms with Crippen LogP contribution in [0.5, 0.6) is 0 Å². The first-order valence-electron chi connectivity index (χ1n) is 7.01. The molecule has 2 rings (SSSR count). The zero-order valence-electron chi connectivity index (χ0n) is 11.8. The van der Waals surface area contributed by atoms with Crippen LogP contribution in [-0.4, -0.2) is 16.2 Å². The minimum absolute atomic E-state index is 0.176. The van der Waals surface area contributed by atoms with Crippen LogP contribution in [0.1, 0.15) is 58.2 Å². The summed E-state index contributed by atoms with van der Waals surface area (Å²) in [5.74, 6) is 2.15. The zero-order chi connectivity index (χ0) is 13.2. The van der Waals surface area contributed by atoms with Crippen molar-refractivity contribution in [2.45, 2.75) is 65.3 Å². The Kier molecular flexibility index (Phi) is 4.05. The van der Waals surface area contributed by atoms with Crippen molar-refractivity contribution in [1.29, 1.82) is 0 Å². The maximum absolute atomic E-state index is 6.22. The molecule has 0 saturated heterocycles. The molecule has 0 aromatic carbocycles. The van der Waals surface area contributed by atoms with Crippen molar-refractivity contribution in [3.63, 3.8) is 0 Å². The van der Waals surface area contributed by atoms with Gasteiger partial charge >= 0.3 is 0 Å². The van der Waals surface area contributed by atoms with Gasteiger partial charge in [0.15, 0.2) is 5.82 Å². The molecule has 4 nitrogen and oxygen atoms in total. The van der Waals surface area contributed by atoms with Gasteiger partial charge in [-0.05, 0) is 24.2 Å². The Morgan fingerprint density at radius 2 is 2.00 bits per heavy atom. The lowest BCUT2D eigenvalue weighted by Crippen LogP contribution is -2.30. The average molecular weight is 251 g/mol. The zero-order valence-corrected chi connectivity index (χ0v) is 11.8. The van der Waals surface area contributed by atoms with Gasteiger partial charge in [-0.3, -0.25) is 0 Å². The van der Waals surface area contributed by atoms with Crippen LogP contribution in [0.4, 0.5) is 0 Å². The topological polar surface area (TPSA) is 64.9 Å². The molecule has 0 aliphatic heterocycles. The van der Waals surface area contributed by atoms with E-state index in [1.165, 1.54) is 25.7 Å². The van der Waals surface area contributed by atoms with E-state index in [-0.39, 0.29) is 11.5 Å². The number of rotatable bonds is 4. The molecule has 1 aromatic rings. The van der Waals surface area contributed by atoms with Gasteiger partial charge < -0.3 is 10.3 Å². The third-order valence-corrected chi connectivity index (χ3v) is 3.61. The number of hydrogen-bond donors (Lipinski definition) is 1. The van der Waals surface area contributed by atoms with Crippen LogP contribution < -0.4 is 5.73 Å². The fraction of sp³-hybridized carbons (Fsp3) is 0.857. The minimum Gasteiger partial charge on any atom is -0.339 e. The molecule has 18 heavy (non-hydrogen) atoms. The Morgan fingerprint density at radius 1 is 1.33 bits per heavy atom. The summed E-state index contributed by atoms with van der Waals surface area (Å²) in [4.78, 5) is 4.45. The summed E-state index contributed by atoms with van der Waals surface area (Å²) in [6.07, 6.45) is 6.71. The standard InChI is InChI=1S/C14H25N3O/c1-14(2,3)9-12-16-13(18-17-12)8-11(15)10-6-4-5-7-10/h10-11H,4-9,15H2,1-3H3. The maximum Gasteiger partial charge on any atom is 0.228 e. The van der Waals surface area contributed by atoms with E-state index in [1.54, 1.807) is 0 Å². The summed E-state index contributed by atoms with van der Waals surface area (Å²) in [5, 5.41) is 4.04. The second-order valence-electron chi connectivity index (χ2n) is 6.75. The molecule has 1 aliphatic rings. The van der Waals surface area contributed by atoms with Crippen LogP contribution in [-0.2, 0) is 12.8 Å². The van der Waals surface area contributed by atoms with Crippen LogP contribution >= 0.6 is 0 Å². The molecule has 0 radical (unpaired) electrons. The van der Waals surface area contributed by atoms with Crippen LogP contribution in [0.25, 0.3) is 0 Å². The van der Waals surface area contributed by atoms with E-state index < -0.39 is 0 Å². The molecule has 0 spiro atoms. The second kappa shape index (κ2) is 5.39. The van der Waals surface area contributed by atoms with E-state index in [1.807, 2.05) is 0 Å². The quantitative estimate of drug-likeness (QED) is 0.893. The molecule has 0 amide bonds. The van der Waals surface area contributed by atoms with Crippen molar-refractivity contribution in [2.24, 2.45) is 17.1 Å². The molecule has 0 bridgehead atoms. The maximum atomic E-state index is 6.22. The van der Waals surface area contributed by atoms with Gasteiger partial charge in [0, 0.05) is 18.9 Å². The normalized spacial score (nSPS) is 19.3. The summed E-state index contributed by atoms with van der Waals surface area (Å²) in [7, 11) is 0. The van der Waals surface area contributed by atoms with Crippen LogP contribution in [0.3, 0.4) is 0 Å². The van der Waals surface area contributed by atoms with E-state index in [2.05, 4.69) is 30.9 Å². The molecular weight excluding hydrogens is 226 g/mol. The van der Waals surface area contributed by atoms with Crippen molar-refractivity contribution in [2.75, 3.05) is 0 Å². The fourth-order valence-electron chi connectivity index (χ4n) is 2.67. The van der Waals surface area contributed by atoms with Crippen LogP contribution in [0.2, 0.25) is 0 Å². The van der Waals surface area contributed by atoms with Crippen molar-refractivity contribution >= 4 is 0 Å². The molecule has 1 fully saturated rings. The Labute approximate surface area is 109 Å². The van der Waals surface area contributed by atoms with Gasteiger partial charge in [-0.25, -0.2) is 0 Å². The number of nitrogens with zero attached hydrogens (tertiary/aromatic N) is 2. The highest BCUT2D eigenvalue weighted by Gasteiger charge is 2.24. The minimum atomic E-state index is 0.176. The van der Waals surface area contributed by atoms with E-state index in [9.17, 15) is 0 Å². The van der Waals surface area contributed by atoms with Gasteiger partial charge in [-0.15, -0.1) is 0 Å². The number of nitrogens with two attached hydrogens (primary N) is 1. The predicted molar refractivity (Wildman–Crippen MR) is 71.1 cm³/mol. The molecule has 1 aromatic heterocycles. The SMILES string of the molecule is CC(C)(C)Cc1noc(CC(N)C2CCCC2)n1. The van der Waals surface area contributed by atoms with Crippen molar-refractivity contribution < 1.29 is 4.52 Å². The Hall–Kier alpha value is -0.900. The van der Waals surface area contributed by atoms with Crippen LogP contribution in [0.15, 0.2) is 4.52 Å². The lowest BCUT2D eigenvalue weighted by atomic mass is 9.92. The highest BCUT2D eigenvalue weighted by Crippen LogP contribution is 2.28. The van der Waals surface area contributed by atoms with Crippen LogP contribution in [0, 0.1) is 11.3 Å². The predicted octanol–water partition coefficient (Wildman–Crippen LogP) is 2.72. The highest BCUT2D eigenvalue weighted by atomic mass is 16.5. The number of hydrogen-bond acceptors (Lipinski definition) is 4. The largest absolute Gasteiger partial charge is 0.339 e. The first kappa shape index (κ1) is 13.5. The average Bonchev–Trinajstić information content (AvgIpc) is 2.86. The number of aromatic nitrogens is 2. The van der Waals surface area contributed by atoms with Gasteiger partial charge in [0.1, 0.15) is 0 Å². The third-order valence-electron chi connectivity index (χ3n) is 3.61. The lowest BCUT2D eigenvalue weighted by molar-refractivity contribution is 0.332. The smallest absolute Gasteiger partial charge is 0.228 e. The molecule has 4 heteroatoms. The molecule has 1 aliphatic carbocycles. The summed E-state index contributed by atoms with van der Waals surface area (Å²) in [6, 6.07) is 0.176. The van der Waals surface area contributed by atoms with Crippen molar-refractivity contribution in [1.82, 2.24) is 10.1 Å². The van der Waals surface area contributed by atoms with Gasteiger partial charge in [0.25, 0.3) is 0 Å². The second-order valence-corrected chi connectivity index (χ2v) is 6.75. The molecule has 2 N–H and O–H groups in total. The molecular formula is C14H25N3O. The van der Waals surface area contributed by atoms with E-state index >= 15 is 0 Å². The monoisotopic (exact) mass is 251 g/mol. The molecule has 1 atom stereocenters. The van der Waals surface area contributed by atoms with E-state index in [4.69, 9.17) is 10.3 Å². The third kappa shape index (κ3) is 3.80. The van der Waals surface area contributed by atoms with Gasteiger partial charge in [-0.1, -0.05) is 38.8 Å². The van der Waals surface area contributed by atoms with Gasteiger partial charge in [-0.2, -0.15) is 4.98 Å². The summed E-state index contributed by atoms with van der Waals surface area (Å²) in [6.45, 7) is 6.52. The van der Waals surface area contributed by atoms with Crippen molar-refractivity contribution in [3.8, 4) is 0 Å². The van der Waals surface area contributed by atoms with E-state index in [0.29, 0.717) is 11.8 Å². The van der Waals surface area contributed by atoms with Crippen molar-refractivity contribution in [3.05, 3.63) is 11.7 Å². The Bertz CT molecular complexity index is 375. The summed E-state index contributed by atoms with van der Waals surface area (Å²) < 4.78 is 5.30. The Balaban J connectivity index is 1.89. The first-order valence-corrected chi connectivity index (χ1v) is 7.01. The van der Waals surface area contributed by atoms with Gasteiger partial charge in [0.05, 0.1) is 0 Å². The van der Waals surface area contributed by atoms with Gasteiger partial charge in [0.2, 0.25) is 5.89 Å². The molecule has 1 saturated carbocycles.